The van der Waals surface area contributed by atoms with Crippen LogP contribution in [0.1, 0.15) is 12.8 Å². The summed E-state index contributed by atoms with van der Waals surface area (Å²) in [7, 11) is 0. The van der Waals surface area contributed by atoms with Crippen LogP contribution in [0.5, 0.6) is 0 Å². The Labute approximate surface area is 147 Å². The Balaban J connectivity index is 1.84. The molecular formula is C21H22N2O2. The topological polar surface area (TPSA) is 56.6 Å². The highest BCUT2D eigenvalue weighted by molar-refractivity contribution is 5.94. The Bertz CT molecular complexity index is 881. The largest absolute Gasteiger partial charge is 0.393 e. The summed E-state index contributed by atoms with van der Waals surface area (Å²) in [6, 6.07) is 20.3. The Morgan fingerprint density at radius 1 is 1.04 bits per heavy atom. The summed E-state index contributed by atoms with van der Waals surface area (Å²) < 4.78 is 0. The third-order valence-corrected chi connectivity index (χ3v) is 4.95. The van der Waals surface area contributed by atoms with Crippen molar-refractivity contribution in [3.63, 3.8) is 0 Å². The van der Waals surface area contributed by atoms with E-state index in [1.54, 1.807) is 0 Å². The molecule has 2 aromatic carbocycles. The third-order valence-electron chi connectivity index (χ3n) is 4.95. The van der Waals surface area contributed by atoms with Crippen molar-refractivity contribution in [2.45, 2.75) is 18.4 Å². The van der Waals surface area contributed by atoms with Gasteiger partial charge in [-0.2, -0.15) is 0 Å². The SMILES string of the molecule is OC[C@]1(O)CCCN(c2cc(-c3ccccc3)nc3ccccc23)C1. The predicted molar refractivity (Wildman–Crippen MR) is 101 cm³/mol. The van der Waals surface area contributed by atoms with Crippen molar-refractivity contribution in [2.24, 2.45) is 0 Å². The summed E-state index contributed by atoms with van der Waals surface area (Å²) in [4.78, 5) is 7.00. The molecule has 1 saturated heterocycles. The zero-order valence-electron chi connectivity index (χ0n) is 14.1. The van der Waals surface area contributed by atoms with Gasteiger partial charge >= 0.3 is 0 Å². The van der Waals surface area contributed by atoms with Gasteiger partial charge in [0, 0.05) is 29.7 Å². The molecule has 1 atom stereocenters. The van der Waals surface area contributed by atoms with Crippen LogP contribution in [0.25, 0.3) is 22.2 Å². The van der Waals surface area contributed by atoms with Gasteiger partial charge in [0.15, 0.2) is 0 Å². The summed E-state index contributed by atoms with van der Waals surface area (Å²) in [5.74, 6) is 0. The number of piperidine rings is 1. The van der Waals surface area contributed by atoms with E-state index in [9.17, 15) is 10.2 Å². The van der Waals surface area contributed by atoms with E-state index in [0.717, 1.165) is 40.8 Å². The van der Waals surface area contributed by atoms with Crippen LogP contribution in [0.15, 0.2) is 60.7 Å². The van der Waals surface area contributed by atoms with Gasteiger partial charge in [-0.25, -0.2) is 4.98 Å². The lowest BCUT2D eigenvalue weighted by atomic mass is 9.93. The molecule has 0 aliphatic carbocycles. The summed E-state index contributed by atoms with van der Waals surface area (Å²) in [5.41, 5.74) is 2.97. The molecule has 1 fully saturated rings. The first-order valence-electron chi connectivity index (χ1n) is 8.72. The van der Waals surface area contributed by atoms with Crippen LogP contribution in [-0.2, 0) is 0 Å². The maximum absolute atomic E-state index is 10.6. The van der Waals surface area contributed by atoms with E-state index in [2.05, 4.69) is 29.2 Å². The van der Waals surface area contributed by atoms with Crippen molar-refractivity contribution in [1.29, 1.82) is 0 Å². The van der Waals surface area contributed by atoms with E-state index in [1.807, 2.05) is 36.4 Å². The average Bonchev–Trinajstić information content (AvgIpc) is 2.68. The number of anilines is 1. The molecule has 1 aliphatic rings. The van der Waals surface area contributed by atoms with E-state index >= 15 is 0 Å². The van der Waals surface area contributed by atoms with E-state index < -0.39 is 5.60 Å². The minimum Gasteiger partial charge on any atom is -0.393 e. The van der Waals surface area contributed by atoms with Gasteiger partial charge in [0.2, 0.25) is 0 Å². The molecule has 25 heavy (non-hydrogen) atoms. The standard InChI is InChI=1S/C21H22N2O2/c24-15-21(25)11-6-12-23(14-21)20-13-19(16-7-2-1-3-8-16)22-18-10-5-4-9-17(18)20/h1-5,7-10,13,24-25H,6,11-12,14-15H2/t21-/m0/s1. The summed E-state index contributed by atoms with van der Waals surface area (Å²) in [6.07, 6.45) is 1.49. The Morgan fingerprint density at radius 2 is 1.80 bits per heavy atom. The average molecular weight is 334 g/mol. The first-order chi connectivity index (χ1) is 12.2. The molecular weight excluding hydrogens is 312 g/mol. The molecule has 0 radical (unpaired) electrons. The molecule has 128 valence electrons. The highest BCUT2D eigenvalue weighted by Crippen LogP contribution is 2.34. The molecule has 0 saturated carbocycles. The zero-order chi connectivity index (χ0) is 17.3. The van der Waals surface area contributed by atoms with Gasteiger partial charge in [0.05, 0.1) is 17.8 Å². The Morgan fingerprint density at radius 3 is 2.60 bits per heavy atom. The molecule has 4 nitrogen and oxygen atoms in total. The van der Waals surface area contributed by atoms with Crippen LogP contribution in [0.3, 0.4) is 0 Å². The summed E-state index contributed by atoms with van der Waals surface area (Å²) >= 11 is 0. The van der Waals surface area contributed by atoms with Crippen molar-refractivity contribution in [3.05, 3.63) is 60.7 Å². The molecule has 4 heteroatoms. The van der Waals surface area contributed by atoms with Crippen molar-refractivity contribution in [2.75, 3.05) is 24.6 Å². The lowest BCUT2D eigenvalue weighted by molar-refractivity contribution is -0.0240. The molecule has 0 amide bonds. The highest BCUT2D eigenvalue weighted by atomic mass is 16.3. The van der Waals surface area contributed by atoms with Crippen molar-refractivity contribution in [1.82, 2.24) is 4.98 Å². The summed E-state index contributed by atoms with van der Waals surface area (Å²) in [5, 5.41) is 21.2. The van der Waals surface area contributed by atoms with Crippen LogP contribution < -0.4 is 4.90 Å². The van der Waals surface area contributed by atoms with Crippen LogP contribution >= 0.6 is 0 Å². The van der Waals surface area contributed by atoms with Gasteiger partial charge in [-0.15, -0.1) is 0 Å². The predicted octanol–water partition coefficient (Wildman–Crippen LogP) is 3.23. The third kappa shape index (κ3) is 3.11. The number of rotatable bonds is 3. The van der Waals surface area contributed by atoms with E-state index in [4.69, 9.17) is 4.98 Å². The lowest BCUT2D eigenvalue weighted by Crippen LogP contribution is -2.50. The fourth-order valence-electron chi connectivity index (χ4n) is 3.62. The molecule has 4 rings (SSSR count). The van der Waals surface area contributed by atoms with Gasteiger partial charge in [0.1, 0.15) is 5.60 Å². The number of pyridine rings is 1. The molecule has 3 aromatic rings. The number of aliphatic hydroxyl groups is 2. The fourth-order valence-corrected chi connectivity index (χ4v) is 3.62. The Hall–Kier alpha value is -2.43. The highest BCUT2D eigenvalue weighted by Gasteiger charge is 2.33. The minimum absolute atomic E-state index is 0.210. The second kappa shape index (κ2) is 6.47. The van der Waals surface area contributed by atoms with E-state index in [-0.39, 0.29) is 6.61 Å². The van der Waals surface area contributed by atoms with Gasteiger partial charge in [-0.05, 0) is 25.0 Å². The molecule has 0 bridgehead atoms. The number of aliphatic hydroxyl groups excluding tert-OH is 1. The number of aromatic nitrogens is 1. The van der Waals surface area contributed by atoms with Crippen LogP contribution in [0.2, 0.25) is 0 Å². The van der Waals surface area contributed by atoms with Gasteiger partial charge < -0.3 is 15.1 Å². The molecule has 0 spiro atoms. The van der Waals surface area contributed by atoms with Crippen LogP contribution in [0.4, 0.5) is 5.69 Å². The number of para-hydroxylation sites is 1. The molecule has 2 N–H and O–H groups in total. The molecule has 0 unspecified atom stereocenters. The molecule has 2 heterocycles. The van der Waals surface area contributed by atoms with Crippen molar-refractivity contribution < 1.29 is 10.2 Å². The number of benzene rings is 2. The Kier molecular flexibility index (Phi) is 4.15. The van der Waals surface area contributed by atoms with Gasteiger partial charge in [-0.3, -0.25) is 0 Å². The number of β-amino-alcohol motifs (C(OH)–C–C–N with tert-alkyl or cyclic N) is 1. The monoisotopic (exact) mass is 334 g/mol. The molecule has 1 aliphatic heterocycles. The van der Waals surface area contributed by atoms with Crippen molar-refractivity contribution >= 4 is 16.6 Å². The lowest BCUT2D eigenvalue weighted by Gasteiger charge is -2.39. The second-order valence-electron chi connectivity index (χ2n) is 6.82. The van der Waals surface area contributed by atoms with Gasteiger partial charge in [0.25, 0.3) is 0 Å². The summed E-state index contributed by atoms with van der Waals surface area (Å²) in [6.45, 7) is 1.09. The molecule has 1 aromatic heterocycles. The van der Waals surface area contributed by atoms with E-state index in [1.165, 1.54) is 0 Å². The maximum atomic E-state index is 10.6. The number of hydrogen-bond acceptors (Lipinski definition) is 4. The first kappa shape index (κ1) is 16.1. The van der Waals surface area contributed by atoms with Crippen molar-refractivity contribution in [3.8, 4) is 11.3 Å². The number of hydrogen-bond donors (Lipinski definition) is 2. The van der Waals surface area contributed by atoms with E-state index in [0.29, 0.717) is 13.0 Å². The number of nitrogens with zero attached hydrogens (tertiary/aromatic N) is 2. The number of fused-ring (bicyclic) bond motifs is 1. The van der Waals surface area contributed by atoms with Crippen LogP contribution in [-0.4, -0.2) is 40.5 Å². The fraction of sp³-hybridized carbons (Fsp3) is 0.286. The zero-order valence-corrected chi connectivity index (χ0v) is 14.1. The quantitative estimate of drug-likeness (QED) is 0.772. The maximum Gasteiger partial charge on any atom is 0.105 e. The minimum atomic E-state index is -1.03. The first-order valence-corrected chi connectivity index (χ1v) is 8.72. The van der Waals surface area contributed by atoms with Crippen LogP contribution in [0, 0.1) is 0 Å². The normalized spacial score (nSPS) is 20.8. The smallest absolute Gasteiger partial charge is 0.105 e. The second-order valence-corrected chi connectivity index (χ2v) is 6.82. The van der Waals surface area contributed by atoms with Gasteiger partial charge in [-0.1, -0.05) is 48.5 Å².